The van der Waals surface area contributed by atoms with Gasteiger partial charge in [0.25, 0.3) is 0 Å². The first kappa shape index (κ1) is 18.7. The van der Waals surface area contributed by atoms with E-state index < -0.39 is 0 Å². The quantitative estimate of drug-likeness (QED) is 0.536. The molecule has 0 amide bonds. The predicted octanol–water partition coefficient (Wildman–Crippen LogP) is 3.86. The number of pyridine rings is 3. The van der Waals surface area contributed by atoms with E-state index >= 15 is 0 Å². The van der Waals surface area contributed by atoms with Crippen molar-refractivity contribution < 1.29 is 0 Å². The Kier molecular flexibility index (Phi) is 4.75. The summed E-state index contributed by atoms with van der Waals surface area (Å²) in [7, 11) is 3.96. The highest BCUT2D eigenvalue weighted by molar-refractivity contribution is 5.79. The van der Waals surface area contributed by atoms with Crippen LogP contribution in [-0.2, 0) is 0 Å². The number of nitrogen functional groups attached to an aromatic ring is 1. The number of nitrogens with two attached hydrogens (primary N) is 1. The van der Waals surface area contributed by atoms with Crippen LogP contribution >= 0.6 is 0 Å². The summed E-state index contributed by atoms with van der Waals surface area (Å²) in [5.74, 6) is 1.31. The molecule has 0 aliphatic rings. The summed E-state index contributed by atoms with van der Waals surface area (Å²) in [6.07, 6.45) is 5.37. The summed E-state index contributed by atoms with van der Waals surface area (Å²) in [5.41, 5.74) is 10.3. The van der Waals surface area contributed by atoms with Gasteiger partial charge in [-0.05, 0) is 38.1 Å². The molecule has 0 bridgehead atoms. The van der Waals surface area contributed by atoms with Crippen LogP contribution in [0.1, 0.15) is 19.9 Å². The molecule has 4 heterocycles. The van der Waals surface area contributed by atoms with E-state index in [9.17, 15) is 0 Å². The Morgan fingerprint density at radius 3 is 2.48 bits per heavy atom. The standard InChI is InChI=1S/C21H24N8/c1-13(2)29-21-14(10-25-29)5-8-19(27-21)26-20-9-17(22)16(12-24-20)18-7-6-15(11-23-18)28(3)4/h5-13H,1-4H3,(H3,22,24,26,27). The van der Waals surface area contributed by atoms with Crippen LogP contribution in [0.3, 0.4) is 0 Å². The van der Waals surface area contributed by atoms with Gasteiger partial charge in [-0.25, -0.2) is 14.6 Å². The Morgan fingerprint density at radius 1 is 1.00 bits per heavy atom. The molecule has 0 atom stereocenters. The Morgan fingerprint density at radius 2 is 1.83 bits per heavy atom. The number of fused-ring (bicyclic) bond motifs is 1. The molecule has 0 fully saturated rings. The fourth-order valence-corrected chi connectivity index (χ4v) is 3.06. The molecule has 29 heavy (non-hydrogen) atoms. The molecule has 3 N–H and O–H groups in total. The van der Waals surface area contributed by atoms with Gasteiger partial charge in [-0.1, -0.05) is 0 Å². The molecule has 4 aromatic rings. The van der Waals surface area contributed by atoms with E-state index in [2.05, 4.69) is 39.2 Å². The minimum atomic E-state index is 0.231. The zero-order chi connectivity index (χ0) is 20.5. The fourth-order valence-electron chi connectivity index (χ4n) is 3.06. The average molecular weight is 388 g/mol. The molecule has 4 rings (SSSR count). The molecule has 0 saturated heterocycles. The van der Waals surface area contributed by atoms with Gasteiger partial charge in [-0.2, -0.15) is 5.10 Å². The predicted molar refractivity (Wildman–Crippen MR) is 117 cm³/mol. The second-order valence-corrected chi connectivity index (χ2v) is 7.37. The molecule has 8 heteroatoms. The molecule has 8 nitrogen and oxygen atoms in total. The maximum atomic E-state index is 6.28. The van der Waals surface area contributed by atoms with E-state index in [0.29, 0.717) is 17.3 Å². The van der Waals surface area contributed by atoms with Crippen molar-refractivity contribution in [2.24, 2.45) is 0 Å². The van der Waals surface area contributed by atoms with E-state index in [0.717, 1.165) is 28.0 Å². The summed E-state index contributed by atoms with van der Waals surface area (Å²) in [6, 6.07) is 9.87. The Hall–Kier alpha value is -3.68. The van der Waals surface area contributed by atoms with Gasteiger partial charge in [-0.3, -0.25) is 4.98 Å². The van der Waals surface area contributed by atoms with Crippen LogP contribution in [-0.4, -0.2) is 38.8 Å². The van der Waals surface area contributed by atoms with Crippen molar-refractivity contribution in [1.29, 1.82) is 0 Å². The molecular weight excluding hydrogens is 364 g/mol. The molecule has 0 aromatic carbocycles. The van der Waals surface area contributed by atoms with Crippen molar-refractivity contribution >= 4 is 34.0 Å². The summed E-state index contributed by atoms with van der Waals surface area (Å²) < 4.78 is 1.90. The highest BCUT2D eigenvalue weighted by Gasteiger charge is 2.10. The molecule has 0 radical (unpaired) electrons. The zero-order valence-electron chi connectivity index (χ0n) is 17.0. The second-order valence-electron chi connectivity index (χ2n) is 7.37. The molecule has 0 aliphatic heterocycles. The first-order valence-corrected chi connectivity index (χ1v) is 9.43. The third-order valence-corrected chi connectivity index (χ3v) is 4.67. The van der Waals surface area contributed by atoms with Gasteiger partial charge >= 0.3 is 0 Å². The van der Waals surface area contributed by atoms with Crippen molar-refractivity contribution in [3.8, 4) is 11.3 Å². The van der Waals surface area contributed by atoms with E-state index in [4.69, 9.17) is 5.73 Å². The normalized spacial score (nSPS) is 11.2. The lowest BCUT2D eigenvalue weighted by Crippen LogP contribution is -2.08. The first-order valence-electron chi connectivity index (χ1n) is 9.43. The highest BCUT2D eigenvalue weighted by Crippen LogP contribution is 2.28. The van der Waals surface area contributed by atoms with Gasteiger partial charge in [0.05, 0.1) is 23.8 Å². The third-order valence-electron chi connectivity index (χ3n) is 4.67. The van der Waals surface area contributed by atoms with Crippen LogP contribution in [0, 0.1) is 0 Å². The van der Waals surface area contributed by atoms with E-state index in [1.54, 1.807) is 12.3 Å². The van der Waals surface area contributed by atoms with Crippen molar-refractivity contribution in [2.75, 3.05) is 30.0 Å². The number of rotatable bonds is 5. The van der Waals surface area contributed by atoms with Crippen LogP contribution < -0.4 is 16.0 Å². The number of hydrogen-bond acceptors (Lipinski definition) is 7. The number of aromatic nitrogens is 5. The van der Waals surface area contributed by atoms with Gasteiger partial charge in [0.1, 0.15) is 11.6 Å². The van der Waals surface area contributed by atoms with Crippen LogP contribution in [0.5, 0.6) is 0 Å². The number of nitrogens with zero attached hydrogens (tertiary/aromatic N) is 6. The summed E-state index contributed by atoms with van der Waals surface area (Å²) >= 11 is 0. The molecule has 4 aromatic heterocycles. The Labute approximate surface area is 169 Å². The maximum absolute atomic E-state index is 6.28. The largest absolute Gasteiger partial charge is 0.398 e. The second kappa shape index (κ2) is 7.38. The van der Waals surface area contributed by atoms with Gasteiger partial charge in [-0.15, -0.1) is 0 Å². The summed E-state index contributed by atoms with van der Waals surface area (Å²) in [5, 5.41) is 8.62. The maximum Gasteiger partial charge on any atom is 0.160 e. The van der Waals surface area contributed by atoms with Gasteiger partial charge in [0.2, 0.25) is 0 Å². The zero-order valence-corrected chi connectivity index (χ0v) is 17.0. The number of nitrogens with one attached hydrogen (secondary N) is 1. The Balaban J connectivity index is 1.59. The highest BCUT2D eigenvalue weighted by atomic mass is 15.3. The molecule has 0 spiro atoms. The number of hydrogen-bond donors (Lipinski definition) is 2. The molecule has 0 unspecified atom stereocenters. The smallest absolute Gasteiger partial charge is 0.160 e. The van der Waals surface area contributed by atoms with E-state index in [1.807, 2.05) is 60.3 Å². The monoisotopic (exact) mass is 388 g/mol. The molecule has 148 valence electrons. The van der Waals surface area contributed by atoms with Crippen LogP contribution in [0.25, 0.3) is 22.3 Å². The SMILES string of the molecule is CC(C)n1ncc2ccc(Nc3cc(N)c(-c4ccc(N(C)C)cn4)cn3)nc21. The van der Waals surface area contributed by atoms with Crippen molar-refractivity contribution in [1.82, 2.24) is 24.7 Å². The lowest BCUT2D eigenvalue weighted by molar-refractivity contribution is 0.546. The van der Waals surface area contributed by atoms with Gasteiger partial charge in [0.15, 0.2) is 5.65 Å². The lowest BCUT2D eigenvalue weighted by Gasteiger charge is -2.13. The summed E-state index contributed by atoms with van der Waals surface area (Å²) in [6.45, 7) is 4.16. The van der Waals surface area contributed by atoms with Gasteiger partial charge in [0, 0.05) is 49.0 Å². The van der Waals surface area contributed by atoms with Crippen LogP contribution in [0.15, 0.2) is 48.9 Å². The minimum absolute atomic E-state index is 0.231. The topological polar surface area (TPSA) is 97.8 Å². The van der Waals surface area contributed by atoms with E-state index in [-0.39, 0.29) is 6.04 Å². The fraction of sp³-hybridized carbons (Fsp3) is 0.238. The summed E-state index contributed by atoms with van der Waals surface area (Å²) in [4.78, 5) is 15.7. The van der Waals surface area contributed by atoms with Crippen LogP contribution in [0.2, 0.25) is 0 Å². The number of anilines is 4. The average Bonchev–Trinajstić information content (AvgIpc) is 3.12. The molecular formula is C21H24N8. The first-order chi connectivity index (χ1) is 13.9. The third kappa shape index (κ3) is 3.69. The van der Waals surface area contributed by atoms with Crippen molar-refractivity contribution in [2.45, 2.75) is 19.9 Å². The van der Waals surface area contributed by atoms with E-state index in [1.165, 1.54) is 0 Å². The minimum Gasteiger partial charge on any atom is -0.398 e. The molecule has 0 aliphatic carbocycles. The Bertz CT molecular complexity index is 1150. The van der Waals surface area contributed by atoms with Crippen molar-refractivity contribution in [3.63, 3.8) is 0 Å². The van der Waals surface area contributed by atoms with Crippen LogP contribution in [0.4, 0.5) is 23.0 Å². The lowest BCUT2D eigenvalue weighted by atomic mass is 10.1. The molecule has 0 saturated carbocycles. The van der Waals surface area contributed by atoms with Crippen molar-refractivity contribution in [3.05, 3.63) is 48.9 Å². The van der Waals surface area contributed by atoms with Gasteiger partial charge < -0.3 is 16.0 Å².